The van der Waals surface area contributed by atoms with Gasteiger partial charge in [0.05, 0.1) is 18.8 Å². The number of ether oxygens (including phenoxy) is 1. The molecule has 0 saturated carbocycles. The van der Waals surface area contributed by atoms with E-state index in [1.165, 1.54) is 11.3 Å². The standard InChI is InChI=1S/C18H22N4O2/c1-22-16-7-4-6-15(14(16)11-20-22)21-18(23)19-10-13-9-12-5-2-3-8-17(12)24-13/h2-3,5,8,11,13,15H,4,6-7,9-10H2,1H3,(H2,19,21,23)/t13-,15+/m0/s1. The molecule has 2 N–H and O–H groups in total. The van der Waals surface area contributed by atoms with E-state index in [1.807, 2.05) is 36.1 Å². The minimum atomic E-state index is -0.142. The van der Waals surface area contributed by atoms with Crippen LogP contribution in [0.1, 0.15) is 35.7 Å². The highest BCUT2D eigenvalue weighted by Gasteiger charge is 2.26. The van der Waals surface area contributed by atoms with Crippen LogP contribution in [0, 0.1) is 0 Å². The summed E-state index contributed by atoms with van der Waals surface area (Å²) in [5.74, 6) is 0.928. The Balaban J connectivity index is 1.31. The predicted molar refractivity (Wildman–Crippen MR) is 90.0 cm³/mol. The quantitative estimate of drug-likeness (QED) is 0.907. The molecule has 6 nitrogen and oxygen atoms in total. The SMILES string of the molecule is Cn1ncc2c1CCC[C@H]2NC(=O)NC[C@@H]1Cc2ccccc2O1. The van der Waals surface area contributed by atoms with Gasteiger partial charge in [0.25, 0.3) is 0 Å². The Morgan fingerprint density at radius 2 is 2.29 bits per heavy atom. The van der Waals surface area contributed by atoms with Crippen molar-refractivity contribution in [1.82, 2.24) is 20.4 Å². The average Bonchev–Trinajstić information content (AvgIpc) is 3.17. The number of nitrogens with one attached hydrogen (secondary N) is 2. The number of aryl methyl sites for hydroxylation is 1. The summed E-state index contributed by atoms with van der Waals surface area (Å²) < 4.78 is 7.76. The summed E-state index contributed by atoms with van der Waals surface area (Å²) in [7, 11) is 1.95. The van der Waals surface area contributed by atoms with Gasteiger partial charge in [-0.3, -0.25) is 4.68 Å². The summed E-state index contributed by atoms with van der Waals surface area (Å²) in [6.45, 7) is 0.507. The lowest BCUT2D eigenvalue weighted by atomic mass is 9.93. The fourth-order valence-electron chi connectivity index (χ4n) is 3.64. The highest BCUT2D eigenvalue weighted by atomic mass is 16.5. The molecule has 126 valence electrons. The van der Waals surface area contributed by atoms with Crippen LogP contribution in [0.3, 0.4) is 0 Å². The average molecular weight is 326 g/mol. The van der Waals surface area contributed by atoms with Crippen LogP contribution < -0.4 is 15.4 Å². The van der Waals surface area contributed by atoms with Gasteiger partial charge in [-0.2, -0.15) is 5.10 Å². The number of urea groups is 1. The van der Waals surface area contributed by atoms with Crippen molar-refractivity contribution in [2.24, 2.45) is 7.05 Å². The molecule has 6 heteroatoms. The summed E-state index contributed by atoms with van der Waals surface area (Å²) in [5.41, 5.74) is 3.57. The van der Waals surface area contributed by atoms with Crippen LogP contribution in [0.25, 0.3) is 0 Å². The topological polar surface area (TPSA) is 68.2 Å². The number of aromatic nitrogens is 2. The van der Waals surface area contributed by atoms with Crippen molar-refractivity contribution in [2.45, 2.75) is 37.8 Å². The van der Waals surface area contributed by atoms with Crippen LogP contribution in [0.5, 0.6) is 5.75 Å². The molecule has 0 saturated heterocycles. The van der Waals surface area contributed by atoms with Crippen LogP contribution in [-0.4, -0.2) is 28.5 Å². The number of amides is 2. The molecule has 2 heterocycles. The van der Waals surface area contributed by atoms with E-state index in [0.29, 0.717) is 6.54 Å². The first-order valence-corrected chi connectivity index (χ1v) is 8.50. The second-order valence-corrected chi connectivity index (χ2v) is 6.52. The number of hydrogen-bond donors (Lipinski definition) is 2. The molecule has 2 aliphatic rings. The first kappa shape index (κ1) is 15.1. The Labute approximate surface area is 141 Å². The fraction of sp³-hybridized carbons (Fsp3) is 0.444. The van der Waals surface area contributed by atoms with Crippen molar-refractivity contribution in [2.75, 3.05) is 6.54 Å². The monoisotopic (exact) mass is 326 g/mol. The number of carbonyl (C=O) groups excluding carboxylic acids is 1. The summed E-state index contributed by atoms with van der Waals surface area (Å²) in [5, 5.41) is 10.3. The molecule has 4 rings (SSSR count). The van der Waals surface area contributed by atoms with E-state index in [9.17, 15) is 4.79 Å². The molecule has 0 unspecified atom stereocenters. The van der Waals surface area contributed by atoms with Crippen LogP contribution in [0.2, 0.25) is 0 Å². The van der Waals surface area contributed by atoms with Crippen molar-refractivity contribution in [3.05, 3.63) is 47.3 Å². The number of benzene rings is 1. The molecule has 0 fully saturated rings. The lowest BCUT2D eigenvalue weighted by Gasteiger charge is -2.24. The van der Waals surface area contributed by atoms with Gasteiger partial charge in [0, 0.05) is 24.7 Å². The van der Waals surface area contributed by atoms with Gasteiger partial charge in [-0.25, -0.2) is 4.79 Å². The summed E-state index contributed by atoms with van der Waals surface area (Å²) in [6, 6.07) is 7.93. The normalized spacial score (nSPS) is 21.5. The van der Waals surface area contributed by atoms with Crippen LogP contribution >= 0.6 is 0 Å². The molecule has 1 aromatic heterocycles. The number of hydrogen-bond acceptors (Lipinski definition) is 3. The lowest BCUT2D eigenvalue weighted by molar-refractivity contribution is 0.211. The van der Waals surface area contributed by atoms with Crippen molar-refractivity contribution >= 4 is 6.03 Å². The van der Waals surface area contributed by atoms with Gasteiger partial charge in [-0.15, -0.1) is 0 Å². The lowest BCUT2D eigenvalue weighted by Crippen LogP contribution is -2.43. The first-order valence-electron chi connectivity index (χ1n) is 8.50. The summed E-state index contributed by atoms with van der Waals surface area (Å²) in [4.78, 5) is 12.3. The zero-order valence-corrected chi connectivity index (χ0v) is 13.8. The zero-order chi connectivity index (χ0) is 16.5. The van der Waals surface area contributed by atoms with Gasteiger partial charge in [-0.05, 0) is 30.9 Å². The van der Waals surface area contributed by atoms with E-state index in [0.717, 1.165) is 37.0 Å². The third-order valence-corrected chi connectivity index (χ3v) is 4.89. The van der Waals surface area contributed by atoms with Crippen LogP contribution in [-0.2, 0) is 19.9 Å². The molecule has 0 radical (unpaired) electrons. The largest absolute Gasteiger partial charge is 0.488 e. The smallest absolute Gasteiger partial charge is 0.315 e. The molecule has 0 bridgehead atoms. The molecule has 1 aromatic carbocycles. The van der Waals surface area contributed by atoms with Gasteiger partial charge in [-0.1, -0.05) is 18.2 Å². The maximum absolute atomic E-state index is 12.3. The second kappa shape index (κ2) is 6.19. The number of nitrogens with zero attached hydrogens (tertiary/aromatic N) is 2. The van der Waals surface area contributed by atoms with Gasteiger partial charge in [0.1, 0.15) is 11.9 Å². The van der Waals surface area contributed by atoms with E-state index >= 15 is 0 Å². The number of carbonyl (C=O) groups is 1. The van der Waals surface area contributed by atoms with Crippen molar-refractivity contribution in [3.63, 3.8) is 0 Å². The van der Waals surface area contributed by atoms with Crippen molar-refractivity contribution < 1.29 is 9.53 Å². The highest BCUT2D eigenvalue weighted by molar-refractivity contribution is 5.74. The fourth-order valence-corrected chi connectivity index (χ4v) is 3.64. The molecular weight excluding hydrogens is 304 g/mol. The molecule has 1 aliphatic carbocycles. The van der Waals surface area contributed by atoms with Crippen molar-refractivity contribution in [3.8, 4) is 5.75 Å². The van der Waals surface area contributed by atoms with E-state index in [2.05, 4.69) is 21.8 Å². The van der Waals surface area contributed by atoms with Gasteiger partial charge < -0.3 is 15.4 Å². The summed E-state index contributed by atoms with van der Waals surface area (Å²) >= 11 is 0. The molecule has 2 atom stereocenters. The highest BCUT2D eigenvalue weighted by Crippen LogP contribution is 2.29. The Morgan fingerprint density at radius 3 is 3.17 bits per heavy atom. The predicted octanol–water partition coefficient (Wildman–Crippen LogP) is 2.10. The molecule has 24 heavy (non-hydrogen) atoms. The van der Waals surface area contributed by atoms with Crippen LogP contribution in [0.15, 0.2) is 30.5 Å². The van der Waals surface area contributed by atoms with Crippen LogP contribution in [0.4, 0.5) is 4.79 Å². The maximum atomic E-state index is 12.3. The third kappa shape index (κ3) is 2.84. The first-order chi connectivity index (χ1) is 11.7. The second-order valence-electron chi connectivity index (χ2n) is 6.52. The molecular formula is C18H22N4O2. The van der Waals surface area contributed by atoms with Gasteiger partial charge in [0.2, 0.25) is 0 Å². The van der Waals surface area contributed by atoms with E-state index in [-0.39, 0.29) is 18.2 Å². The summed E-state index contributed by atoms with van der Waals surface area (Å²) in [6.07, 6.45) is 5.77. The minimum absolute atomic E-state index is 0.00783. The maximum Gasteiger partial charge on any atom is 0.315 e. The van der Waals surface area contributed by atoms with E-state index in [4.69, 9.17) is 4.74 Å². The number of rotatable bonds is 3. The van der Waals surface area contributed by atoms with Gasteiger partial charge >= 0.3 is 6.03 Å². The zero-order valence-electron chi connectivity index (χ0n) is 13.8. The Morgan fingerprint density at radius 1 is 1.42 bits per heavy atom. The number of para-hydroxylation sites is 1. The van der Waals surface area contributed by atoms with Crippen molar-refractivity contribution in [1.29, 1.82) is 0 Å². The third-order valence-electron chi connectivity index (χ3n) is 4.89. The molecule has 2 amide bonds. The Kier molecular flexibility index (Phi) is 3.88. The van der Waals surface area contributed by atoms with E-state index in [1.54, 1.807) is 0 Å². The molecule has 2 aromatic rings. The van der Waals surface area contributed by atoms with Gasteiger partial charge in [0.15, 0.2) is 0 Å². The molecule has 0 spiro atoms. The minimum Gasteiger partial charge on any atom is -0.488 e. The Hall–Kier alpha value is -2.50. The number of fused-ring (bicyclic) bond motifs is 2. The van der Waals surface area contributed by atoms with E-state index < -0.39 is 0 Å². The Bertz CT molecular complexity index is 730. The molecule has 1 aliphatic heterocycles.